The molecule has 1 N–H and O–H groups in total. The van der Waals surface area contributed by atoms with Crippen LogP contribution in [0.5, 0.6) is 5.75 Å². The third-order valence-corrected chi connectivity index (χ3v) is 4.01. The number of guanidine groups is 1. The highest BCUT2D eigenvalue weighted by molar-refractivity contribution is 5.79. The second kappa shape index (κ2) is 9.23. The number of nitrogens with zero attached hydrogens (tertiary/aromatic N) is 2. The van der Waals surface area contributed by atoms with E-state index in [2.05, 4.69) is 54.8 Å². The Kier molecular flexibility index (Phi) is 7.66. The Labute approximate surface area is 141 Å². The van der Waals surface area contributed by atoms with Crippen molar-refractivity contribution in [3.63, 3.8) is 0 Å². The minimum absolute atomic E-state index is 0.0214. The van der Waals surface area contributed by atoms with Crippen molar-refractivity contribution in [3.05, 3.63) is 42.5 Å². The van der Waals surface area contributed by atoms with Gasteiger partial charge in [-0.15, -0.1) is 6.58 Å². The van der Waals surface area contributed by atoms with Crippen molar-refractivity contribution in [2.45, 2.75) is 32.1 Å². The summed E-state index contributed by atoms with van der Waals surface area (Å²) in [6, 6.07) is 8.24. The van der Waals surface area contributed by atoms with Gasteiger partial charge in [-0.2, -0.15) is 0 Å². The summed E-state index contributed by atoms with van der Waals surface area (Å²) in [5.41, 5.74) is 1.22. The molecule has 0 atom stereocenters. The van der Waals surface area contributed by atoms with E-state index in [1.54, 1.807) is 7.11 Å². The Morgan fingerprint density at radius 3 is 2.78 bits per heavy atom. The van der Waals surface area contributed by atoms with E-state index in [1.165, 1.54) is 5.56 Å². The lowest BCUT2D eigenvalue weighted by atomic mass is 9.84. The smallest absolute Gasteiger partial charge is 0.193 e. The number of benzene rings is 1. The number of hydrogen-bond donors (Lipinski definition) is 1. The molecule has 0 saturated carbocycles. The normalized spacial score (nSPS) is 12.0. The van der Waals surface area contributed by atoms with Crippen molar-refractivity contribution in [3.8, 4) is 5.75 Å². The average molecular weight is 317 g/mol. The molecule has 0 aromatic heterocycles. The van der Waals surface area contributed by atoms with E-state index in [-0.39, 0.29) is 5.41 Å². The number of nitrogens with one attached hydrogen (secondary N) is 1. The van der Waals surface area contributed by atoms with Gasteiger partial charge in [0.25, 0.3) is 0 Å². The lowest BCUT2D eigenvalue weighted by Gasteiger charge is -2.29. The zero-order valence-corrected chi connectivity index (χ0v) is 15.2. The fourth-order valence-electron chi connectivity index (χ4n) is 2.41. The highest BCUT2D eigenvalue weighted by Gasteiger charge is 2.22. The Hall–Kier alpha value is -1.97. The van der Waals surface area contributed by atoms with Gasteiger partial charge in [0.15, 0.2) is 5.96 Å². The number of rotatable bonds is 8. The summed E-state index contributed by atoms with van der Waals surface area (Å²) in [6.07, 6.45) is 4.06. The molecule has 23 heavy (non-hydrogen) atoms. The number of ether oxygens (including phenoxy) is 1. The molecule has 0 unspecified atom stereocenters. The van der Waals surface area contributed by atoms with Crippen LogP contribution in [0.2, 0.25) is 0 Å². The number of aliphatic imine (C=N–C) groups is 1. The van der Waals surface area contributed by atoms with Crippen molar-refractivity contribution in [2.24, 2.45) is 4.99 Å². The van der Waals surface area contributed by atoms with Crippen LogP contribution in [0.1, 0.15) is 32.3 Å². The molecule has 0 aliphatic carbocycles. The van der Waals surface area contributed by atoms with Gasteiger partial charge >= 0.3 is 0 Å². The first kappa shape index (κ1) is 19.1. The van der Waals surface area contributed by atoms with Gasteiger partial charge in [0.1, 0.15) is 5.75 Å². The Morgan fingerprint density at radius 1 is 1.43 bits per heavy atom. The topological polar surface area (TPSA) is 36.9 Å². The Bertz CT molecular complexity index is 523. The minimum atomic E-state index is -0.0214. The number of allylic oxidation sites excluding steroid dienone is 1. The van der Waals surface area contributed by atoms with Gasteiger partial charge in [-0.3, -0.25) is 4.99 Å². The fourth-order valence-corrected chi connectivity index (χ4v) is 2.41. The molecule has 0 radical (unpaired) electrons. The third kappa shape index (κ3) is 5.97. The summed E-state index contributed by atoms with van der Waals surface area (Å²) in [7, 11) is 5.59. The Morgan fingerprint density at radius 2 is 2.17 bits per heavy atom. The predicted octanol–water partition coefficient (Wildman–Crippen LogP) is 3.45. The maximum atomic E-state index is 5.33. The van der Waals surface area contributed by atoms with Crippen LogP contribution >= 0.6 is 0 Å². The summed E-state index contributed by atoms with van der Waals surface area (Å²) >= 11 is 0. The predicted molar refractivity (Wildman–Crippen MR) is 99.4 cm³/mol. The molecular weight excluding hydrogens is 286 g/mol. The molecule has 1 rings (SSSR count). The molecule has 1 aromatic carbocycles. The van der Waals surface area contributed by atoms with Gasteiger partial charge in [0.2, 0.25) is 0 Å². The molecule has 1 aromatic rings. The zero-order valence-electron chi connectivity index (χ0n) is 15.2. The number of methoxy groups -OCH3 is 1. The monoisotopic (exact) mass is 317 g/mol. The molecule has 4 nitrogen and oxygen atoms in total. The van der Waals surface area contributed by atoms with Gasteiger partial charge in [-0.1, -0.05) is 32.1 Å². The quantitative estimate of drug-likeness (QED) is 0.345. The zero-order chi connectivity index (χ0) is 17.3. The van der Waals surface area contributed by atoms with E-state index < -0.39 is 0 Å². The summed E-state index contributed by atoms with van der Waals surface area (Å²) in [5, 5.41) is 3.48. The molecule has 0 aliphatic rings. The molecule has 0 fully saturated rings. The second-order valence-corrected chi connectivity index (χ2v) is 6.37. The van der Waals surface area contributed by atoms with Crippen molar-refractivity contribution in [1.29, 1.82) is 0 Å². The van der Waals surface area contributed by atoms with Crippen LogP contribution in [-0.4, -0.2) is 45.2 Å². The van der Waals surface area contributed by atoms with Crippen LogP contribution in [0.3, 0.4) is 0 Å². The number of hydrogen-bond acceptors (Lipinski definition) is 2. The molecule has 0 saturated heterocycles. The van der Waals surface area contributed by atoms with Gasteiger partial charge < -0.3 is 15.0 Å². The molecular formula is C19H31N3O. The first-order valence-electron chi connectivity index (χ1n) is 8.12. The highest BCUT2D eigenvalue weighted by Crippen LogP contribution is 2.25. The SMILES string of the molecule is C=CCCCN(C)C(=NC)NCC(C)(C)c1cccc(OC)c1. The van der Waals surface area contributed by atoms with Gasteiger partial charge in [0.05, 0.1) is 7.11 Å². The summed E-state index contributed by atoms with van der Waals surface area (Å²) in [6.45, 7) is 9.98. The van der Waals surface area contributed by atoms with E-state index in [4.69, 9.17) is 4.74 Å². The van der Waals surface area contributed by atoms with Crippen LogP contribution in [0.4, 0.5) is 0 Å². The standard InChI is InChI=1S/C19H31N3O/c1-7-8-9-13-22(5)18(20-4)21-15-19(2,3)16-11-10-12-17(14-16)23-6/h7,10-12,14H,1,8-9,13,15H2,2-6H3,(H,20,21). The first-order chi connectivity index (χ1) is 10.9. The second-order valence-electron chi connectivity index (χ2n) is 6.37. The van der Waals surface area contributed by atoms with E-state index in [1.807, 2.05) is 25.3 Å². The summed E-state index contributed by atoms with van der Waals surface area (Å²) in [4.78, 5) is 6.54. The highest BCUT2D eigenvalue weighted by atomic mass is 16.5. The van der Waals surface area contributed by atoms with Crippen molar-refractivity contribution >= 4 is 5.96 Å². The van der Waals surface area contributed by atoms with Crippen LogP contribution in [0.25, 0.3) is 0 Å². The van der Waals surface area contributed by atoms with E-state index in [9.17, 15) is 0 Å². The maximum absolute atomic E-state index is 5.33. The van der Waals surface area contributed by atoms with Gasteiger partial charge in [0, 0.05) is 32.6 Å². The molecule has 128 valence electrons. The minimum Gasteiger partial charge on any atom is -0.497 e. The average Bonchev–Trinajstić information content (AvgIpc) is 2.55. The van der Waals surface area contributed by atoms with Crippen LogP contribution < -0.4 is 10.1 Å². The molecule has 0 amide bonds. The lowest BCUT2D eigenvalue weighted by molar-refractivity contribution is 0.410. The van der Waals surface area contributed by atoms with E-state index >= 15 is 0 Å². The van der Waals surface area contributed by atoms with Crippen LogP contribution in [0, 0.1) is 0 Å². The maximum Gasteiger partial charge on any atom is 0.193 e. The van der Waals surface area contributed by atoms with Crippen LogP contribution in [0.15, 0.2) is 41.9 Å². The molecule has 4 heteroatoms. The Balaban J connectivity index is 2.67. The molecule has 0 aliphatic heterocycles. The van der Waals surface area contributed by atoms with Gasteiger partial charge in [-0.25, -0.2) is 0 Å². The summed E-state index contributed by atoms with van der Waals surface area (Å²) in [5.74, 6) is 1.81. The molecule has 0 spiro atoms. The molecule has 0 bridgehead atoms. The molecule has 0 heterocycles. The third-order valence-electron chi connectivity index (χ3n) is 4.01. The lowest BCUT2D eigenvalue weighted by Crippen LogP contribution is -2.44. The first-order valence-corrected chi connectivity index (χ1v) is 8.12. The fraction of sp³-hybridized carbons (Fsp3) is 0.526. The largest absolute Gasteiger partial charge is 0.497 e. The van der Waals surface area contributed by atoms with E-state index in [0.29, 0.717) is 0 Å². The van der Waals surface area contributed by atoms with Crippen molar-refractivity contribution in [2.75, 3.05) is 34.3 Å². The van der Waals surface area contributed by atoms with Crippen LogP contribution in [-0.2, 0) is 5.41 Å². The van der Waals surface area contributed by atoms with Crippen molar-refractivity contribution in [1.82, 2.24) is 10.2 Å². The summed E-state index contributed by atoms with van der Waals surface area (Å²) < 4.78 is 5.33. The van der Waals surface area contributed by atoms with Crippen molar-refractivity contribution < 1.29 is 4.74 Å². The van der Waals surface area contributed by atoms with E-state index in [0.717, 1.165) is 37.6 Å². The van der Waals surface area contributed by atoms with Gasteiger partial charge in [-0.05, 0) is 30.5 Å². The number of unbranched alkanes of at least 4 members (excludes halogenated alkanes) is 1.